The van der Waals surface area contributed by atoms with Gasteiger partial charge in [-0.15, -0.1) is 0 Å². The van der Waals surface area contributed by atoms with E-state index in [9.17, 15) is 4.79 Å². The van der Waals surface area contributed by atoms with Crippen LogP contribution in [-0.4, -0.2) is 10.4 Å². The number of aromatic amines is 1. The van der Waals surface area contributed by atoms with Crippen LogP contribution in [0.25, 0.3) is 0 Å². The highest BCUT2D eigenvalue weighted by atomic mass is 35.5. The summed E-state index contributed by atoms with van der Waals surface area (Å²) in [6, 6.07) is 3.21. The Kier molecular flexibility index (Phi) is 5.16. The number of carbonyl (C=O) groups is 1. The second kappa shape index (κ2) is 5.62. The van der Waals surface area contributed by atoms with Crippen molar-refractivity contribution in [1.82, 2.24) is 4.98 Å². The normalized spacial score (nSPS) is 8.17. The number of hydrogen-bond donors (Lipinski definition) is 2. The first-order chi connectivity index (χ1) is 5.54. The average molecular weight is 209 g/mol. The zero-order valence-electron chi connectivity index (χ0n) is 5.88. The van der Waals surface area contributed by atoms with Gasteiger partial charge in [0.25, 0.3) is 5.56 Å². The van der Waals surface area contributed by atoms with Crippen LogP contribution in [0.3, 0.4) is 0 Å². The molecule has 0 bridgehead atoms. The molecule has 3 N–H and O–H groups in total. The van der Waals surface area contributed by atoms with Crippen molar-refractivity contribution in [2.75, 3.05) is 0 Å². The molecule has 1 amide bonds. The first-order valence-electron chi connectivity index (χ1n) is 2.82. The third kappa shape index (κ3) is 5.76. The molecule has 1 rings (SSSR count). The standard InChI is InChI=1S/C5H4ClNO.CH2ClNO/c6-4-2-1-3-7-5(4)8;2-1(3)4/h1-3H,(H,7,8);(H2,3,4). The van der Waals surface area contributed by atoms with Gasteiger partial charge in [-0.25, -0.2) is 0 Å². The summed E-state index contributed by atoms with van der Waals surface area (Å²) in [5.41, 5.74) is 4.00. The maximum atomic E-state index is 10.4. The predicted molar refractivity (Wildman–Crippen MR) is 47.5 cm³/mol. The largest absolute Gasteiger partial charge is 0.356 e. The molecule has 1 aromatic heterocycles. The first-order valence-corrected chi connectivity index (χ1v) is 3.57. The number of nitrogens with two attached hydrogens (primary N) is 1. The van der Waals surface area contributed by atoms with Gasteiger partial charge in [0, 0.05) is 6.20 Å². The molecule has 0 fully saturated rings. The SMILES string of the molecule is NC(=O)Cl.O=c1[nH]cccc1Cl. The summed E-state index contributed by atoms with van der Waals surface area (Å²) in [5.74, 6) is 0. The Morgan fingerprint density at radius 3 is 2.33 bits per heavy atom. The molecule has 66 valence electrons. The molecule has 1 aromatic rings. The Bertz CT molecular complexity index is 306. The minimum Gasteiger partial charge on any atom is -0.356 e. The Hall–Kier alpha value is -1.00. The van der Waals surface area contributed by atoms with Crippen molar-refractivity contribution in [2.45, 2.75) is 0 Å². The van der Waals surface area contributed by atoms with Gasteiger partial charge in [0.05, 0.1) is 0 Å². The van der Waals surface area contributed by atoms with Crippen LogP contribution < -0.4 is 11.3 Å². The minimum atomic E-state index is -0.861. The lowest BCUT2D eigenvalue weighted by molar-refractivity contribution is 0.266. The Morgan fingerprint density at radius 2 is 2.08 bits per heavy atom. The Morgan fingerprint density at radius 1 is 1.58 bits per heavy atom. The lowest BCUT2D eigenvalue weighted by Gasteiger charge is -1.81. The highest BCUT2D eigenvalue weighted by Gasteiger charge is 1.86. The summed E-state index contributed by atoms with van der Waals surface area (Å²) in [5, 5.41) is -0.632. The molecule has 4 nitrogen and oxygen atoms in total. The molecule has 0 aliphatic heterocycles. The van der Waals surface area contributed by atoms with E-state index in [1.165, 1.54) is 6.20 Å². The molecule has 12 heavy (non-hydrogen) atoms. The van der Waals surface area contributed by atoms with Crippen LogP contribution in [0.1, 0.15) is 0 Å². The molecule has 6 heteroatoms. The van der Waals surface area contributed by atoms with E-state index in [2.05, 4.69) is 22.3 Å². The van der Waals surface area contributed by atoms with E-state index in [-0.39, 0.29) is 10.6 Å². The van der Waals surface area contributed by atoms with Crippen LogP contribution in [0.15, 0.2) is 23.1 Å². The van der Waals surface area contributed by atoms with Crippen molar-refractivity contribution >= 4 is 28.6 Å². The average Bonchev–Trinajstić information content (AvgIpc) is 1.94. The van der Waals surface area contributed by atoms with E-state index in [0.717, 1.165) is 0 Å². The number of halogens is 2. The van der Waals surface area contributed by atoms with E-state index >= 15 is 0 Å². The molecule has 0 saturated carbocycles. The number of primary amides is 1. The zero-order chi connectivity index (χ0) is 9.56. The number of carbonyl (C=O) groups excluding carboxylic acids is 1. The Balaban J connectivity index is 0.000000261. The number of pyridine rings is 1. The lowest BCUT2D eigenvalue weighted by atomic mass is 10.5. The van der Waals surface area contributed by atoms with Crippen molar-refractivity contribution in [2.24, 2.45) is 5.73 Å². The van der Waals surface area contributed by atoms with Crippen molar-refractivity contribution in [3.05, 3.63) is 33.7 Å². The topological polar surface area (TPSA) is 76.0 Å². The second-order valence-electron chi connectivity index (χ2n) is 1.65. The van der Waals surface area contributed by atoms with Crippen molar-refractivity contribution in [1.29, 1.82) is 0 Å². The highest BCUT2D eigenvalue weighted by molar-refractivity contribution is 6.62. The lowest BCUT2D eigenvalue weighted by Crippen LogP contribution is -2.02. The van der Waals surface area contributed by atoms with Crippen LogP contribution in [-0.2, 0) is 0 Å². The van der Waals surface area contributed by atoms with Gasteiger partial charge in [-0.1, -0.05) is 11.6 Å². The molecular formula is C6H6Cl2N2O2. The third-order valence-corrected chi connectivity index (χ3v) is 1.07. The fourth-order valence-corrected chi connectivity index (χ4v) is 0.528. The van der Waals surface area contributed by atoms with E-state index < -0.39 is 5.37 Å². The molecule has 0 aliphatic rings. The van der Waals surface area contributed by atoms with Gasteiger partial charge >= 0.3 is 5.37 Å². The van der Waals surface area contributed by atoms with Crippen LogP contribution in [0.4, 0.5) is 4.79 Å². The summed E-state index contributed by atoms with van der Waals surface area (Å²) in [7, 11) is 0. The maximum absolute atomic E-state index is 10.4. The summed E-state index contributed by atoms with van der Waals surface area (Å²) in [6.45, 7) is 0. The van der Waals surface area contributed by atoms with Gasteiger partial charge < -0.3 is 10.7 Å². The number of nitrogens with one attached hydrogen (secondary N) is 1. The molecular weight excluding hydrogens is 203 g/mol. The summed E-state index contributed by atoms with van der Waals surface area (Å²) in [6.07, 6.45) is 1.54. The highest BCUT2D eigenvalue weighted by Crippen LogP contribution is 1.94. The molecule has 0 saturated heterocycles. The number of H-pyrrole nitrogens is 1. The minimum absolute atomic E-state index is 0.229. The fourth-order valence-electron chi connectivity index (χ4n) is 0.401. The molecule has 1 heterocycles. The quantitative estimate of drug-likeness (QED) is 0.499. The van der Waals surface area contributed by atoms with Gasteiger partial charge in [-0.2, -0.15) is 0 Å². The summed E-state index contributed by atoms with van der Waals surface area (Å²) < 4.78 is 0. The van der Waals surface area contributed by atoms with Gasteiger partial charge in [0.15, 0.2) is 0 Å². The summed E-state index contributed by atoms with van der Waals surface area (Å²) in [4.78, 5) is 21.8. The van der Waals surface area contributed by atoms with E-state index in [4.69, 9.17) is 16.4 Å². The Labute approximate surface area is 78.3 Å². The monoisotopic (exact) mass is 208 g/mol. The van der Waals surface area contributed by atoms with Crippen molar-refractivity contribution < 1.29 is 4.79 Å². The van der Waals surface area contributed by atoms with Gasteiger partial charge in [0.1, 0.15) is 5.02 Å². The van der Waals surface area contributed by atoms with E-state index in [0.29, 0.717) is 0 Å². The van der Waals surface area contributed by atoms with Gasteiger partial charge in [0.2, 0.25) is 0 Å². The number of aromatic nitrogens is 1. The van der Waals surface area contributed by atoms with Crippen molar-refractivity contribution in [3.63, 3.8) is 0 Å². The fraction of sp³-hybridized carbons (Fsp3) is 0. The summed E-state index contributed by atoms with van der Waals surface area (Å²) >= 11 is 9.78. The van der Waals surface area contributed by atoms with Crippen molar-refractivity contribution in [3.8, 4) is 0 Å². The molecule has 0 aliphatic carbocycles. The van der Waals surface area contributed by atoms with Crippen LogP contribution >= 0.6 is 23.2 Å². The number of hydrogen-bond acceptors (Lipinski definition) is 2. The van der Waals surface area contributed by atoms with Gasteiger partial charge in [-0.05, 0) is 23.7 Å². The second-order valence-corrected chi connectivity index (χ2v) is 2.43. The maximum Gasteiger partial charge on any atom is 0.311 e. The van der Waals surface area contributed by atoms with E-state index in [1.54, 1.807) is 12.1 Å². The van der Waals surface area contributed by atoms with Crippen LogP contribution in [0.2, 0.25) is 5.02 Å². The zero-order valence-corrected chi connectivity index (χ0v) is 7.39. The molecule has 0 aromatic carbocycles. The molecule has 0 spiro atoms. The molecule has 0 atom stereocenters. The molecule has 0 unspecified atom stereocenters. The smallest absolute Gasteiger partial charge is 0.311 e. The van der Waals surface area contributed by atoms with E-state index in [1.807, 2.05) is 0 Å². The first kappa shape index (κ1) is 11.0. The number of rotatable bonds is 0. The third-order valence-electron chi connectivity index (χ3n) is 0.770. The molecule has 0 radical (unpaired) electrons. The van der Waals surface area contributed by atoms with Gasteiger partial charge in [-0.3, -0.25) is 9.59 Å². The van der Waals surface area contributed by atoms with Crippen LogP contribution in [0.5, 0.6) is 0 Å². The van der Waals surface area contributed by atoms with Crippen LogP contribution in [0, 0.1) is 0 Å². The predicted octanol–water partition coefficient (Wildman–Crippen LogP) is 1.33. The number of amides is 1.